The lowest BCUT2D eigenvalue weighted by atomic mass is 10.0. The summed E-state index contributed by atoms with van der Waals surface area (Å²) in [5, 5.41) is 10.5. The van der Waals surface area contributed by atoms with Gasteiger partial charge in [0.05, 0.1) is 19.8 Å². The number of rotatable bonds is 8. The van der Waals surface area contributed by atoms with Gasteiger partial charge in [-0.1, -0.05) is 18.6 Å². The fourth-order valence-electron chi connectivity index (χ4n) is 2.40. The molecule has 0 aliphatic rings. The molecule has 20 heavy (non-hydrogen) atoms. The molecule has 0 amide bonds. The Morgan fingerprint density at radius 3 is 2.55 bits per heavy atom. The molecule has 0 saturated carbocycles. The number of aliphatic hydroxyl groups excluding tert-OH is 1. The summed E-state index contributed by atoms with van der Waals surface area (Å²) in [6.07, 6.45) is -0.566. The Labute approximate surface area is 122 Å². The van der Waals surface area contributed by atoms with Gasteiger partial charge in [-0.25, -0.2) is 0 Å². The van der Waals surface area contributed by atoms with E-state index in [4.69, 9.17) is 9.47 Å². The van der Waals surface area contributed by atoms with Crippen molar-refractivity contribution in [2.24, 2.45) is 0 Å². The highest BCUT2D eigenvalue weighted by Crippen LogP contribution is 2.27. The molecule has 1 N–H and O–H groups in total. The summed E-state index contributed by atoms with van der Waals surface area (Å²) in [5.74, 6) is 0.735. The van der Waals surface area contributed by atoms with Gasteiger partial charge in [-0.15, -0.1) is 0 Å². The number of hydrogen-bond acceptors (Lipinski definition) is 4. The Kier molecular flexibility index (Phi) is 6.99. The van der Waals surface area contributed by atoms with Crippen molar-refractivity contribution in [1.82, 2.24) is 4.90 Å². The summed E-state index contributed by atoms with van der Waals surface area (Å²) >= 11 is 0. The number of methoxy groups -OCH3 is 2. The lowest BCUT2D eigenvalue weighted by Gasteiger charge is -2.30. The van der Waals surface area contributed by atoms with Gasteiger partial charge in [0.1, 0.15) is 5.75 Å². The smallest absolute Gasteiger partial charge is 0.124 e. The van der Waals surface area contributed by atoms with E-state index in [1.165, 1.54) is 0 Å². The topological polar surface area (TPSA) is 41.9 Å². The summed E-state index contributed by atoms with van der Waals surface area (Å²) in [7, 11) is 3.33. The third-order valence-electron chi connectivity index (χ3n) is 3.59. The van der Waals surface area contributed by atoms with Gasteiger partial charge in [-0.3, -0.25) is 4.90 Å². The molecule has 0 heterocycles. The average Bonchev–Trinajstić information content (AvgIpc) is 2.44. The summed E-state index contributed by atoms with van der Waals surface area (Å²) < 4.78 is 10.5. The second kappa shape index (κ2) is 8.25. The van der Waals surface area contributed by atoms with Gasteiger partial charge in [0.2, 0.25) is 0 Å². The molecular weight excluding hydrogens is 254 g/mol. The quantitative estimate of drug-likeness (QED) is 0.794. The molecule has 114 valence electrons. The van der Waals surface area contributed by atoms with Gasteiger partial charge in [0, 0.05) is 25.3 Å². The SMILES string of the molecule is CCN(CC(O)c1cc(C)ccc1OC)C(C)COC. The molecule has 4 nitrogen and oxygen atoms in total. The fraction of sp³-hybridized carbons (Fsp3) is 0.625. The van der Waals surface area contributed by atoms with Crippen molar-refractivity contribution in [2.75, 3.05) is 33.9 Å². The van der Waals surface area contributed by atoms with E-state index in [0.717, 1.165) is 23.4 Å². The van der Waals surface area contributed by atoms with E-state index in [1.54, 1.807) is 14.2 Å². The summed E-state index contributed by atoms with van der Waals surface area (Å²) in [6, 6.07) is 6.15. The van der Waals surface area contributed by atoms with Crippen molar-refractivity contribution >= 4 is 0 Å². The average molecular weight is 281 g/mol. The van der Waals surface area contributed by atoms with Crippen LogP contribution in [0.5, 0.6) is 5.75 Å². The maximum Gasteiger partial charge on any atom is 0.124 e. The van der Waals surface area contributed by atoms with Gasteiger partial charge in [0.15, 0.2) is 0 Å². The zero-order valence-corrected chi connectivity index (χ0v) is 13.2. The van der Waals surface area contributed by atoms with Crippen molar-refractivity contribution in [1.29, 1.82) is 0 Å². The Balaban J connectivity index is 2.83. The van der Waals surface area contributed by atoms with Crippen LogP contribution in [0.25, 0.3) is 0 Å². The van der Waals surface area contributed by atoms with Crippen LogP contribution >= 0.6 is 0 Å². The van der Waals surface area contributed by atoms with Crippen molar-refractivity contribution in [3.8, 4) is 5.75 Å². The Morgan fingerprint density at radius 1 is 1.30 bits per heavy atom. The predicted octanol–water partition coefficient (Wildman–Crippen LogP) is 2.39. The minimum Gasteiger partial charge on any atom is -0.496 e. The summed E-state index contributed by atoms with van der Waals surface area (Å²) in [6.45, 7) is 8.31. The van der Waals surface area contributed by atoms with Gasteiger partial charge < -0.3 is 14.6 Å². The van der Waals surface area contributed by atoms with Crippen LogP contribution in [0.3, 0.4) is 0 Å². The maximum atomic E-state index is 10.5. The maximum absolute atomic E-state index is 10.5. The molecule has 0 aliphatic carbocycles. The monoisotopic (exact) mass is 281 g/mol. The number of benzene rings is 1. The zero-order chi connectivity index (χ0) is 15.1. The normalized spacial score (nSPS) is 14.3. The first kappa shape index (κ1) is 17.0. The molecule has 0 spiro atoms. The number of aliphatic hydroxyl groups is 1. The molecule has 0 aromatic heterocycles. The summed E-state index contributed by atoms with van der Waals surface area (Å²) in [4.78, 5) is 2.20. The van der Waals surface area contributed by atoms with Crippen LogP contribution in [0.15, 0.2) is 18.2 Å². The highest BCUT2D eigenvalue weighted by atomic mass is 16.5. The van der Waals surface area contributed by atoms with Crippen molar-refractivity contribution in [3.63, 3.8) is 0 Å². The number of ether oxygens (including phenoxy) is 2. The largest absolute Gasteiger partial charge is 0.496 e. The molecule has 1 aromatic rings. The van der Waals surface area contributed by atoms with E-state index in [2.05, 4.69) is 18.7 Å². The van der Waals surface area contributed by atoms with E-state index in [1.807, 2.05) is 25.1 Å². The van der Waals surface area contributed by atoms with E-state index in [0.29, 0.717) is 13.2 Å². The Morgan fingerprint density at radius 2 is 2.00 bits per heavy atom. The zero-order valence-electron chi connectivity index (χ0n) is 13.2. The van der Waals surface area contributed by atoms with Gasteiger partial charge in [0.25, 0.3) is 0 Å². The molecule has 1 rings (SSSR count). The first-order valence-corrected chi connectivity index (χ1v) is 7.09. The Hall–Kier alpha value is -1.10. The molecular formula is C16H27NO3. The van der Waals surface area contributed by atoms with E-state index < -0.39 is 6.10 Å². The molecule has 0 radical (unpaired) electrons. The van der Waals surface area contributed by atoms with Crippen LogP contribution in [-0.2, 0) is 4.74 Å². The first-order valence-electron chi connectivity index (χ1n) is 7.09. The molecule has 0 saturated heterocycles. The highest BCUT2D eigenvalue weighted by molar-refractivity contribution is 5.38. The number of likely N-dealkylation sites (N-methyl/N-ethyl adjacent to an activating group) is 1. The van der Waals surface area contributed by atoms with Gasteiger partial charge in [-0.05, 0) is 32.5 Å². The second-order valence-corrected chi connectivity index (χ2v) is 5.15. The van der Waals surface area contributed by atoms with Crippen LogP contribution in [0, 0.1) is 6.92 Å². The predicted molar refractivity (Wildman–Crippen MR) is 81.3 cm³/mol. The second-order valence-electron chi connectivity index (χ2n) is 5.15. The summed E-state index contributed by atoms with van der Waals surface area (Å²) in [5.41, 5.74) is 1.96. The van der Waals surface area contributed by atoms with E-state index >= 15 is 0 Å². The third kappa shape index (κ3) is 4.47. The number of hydrogen-bond donors (Lipinski definition) is 1. The number of nitrogens with zero attached hydrogens (tertiary/aromatic N) is 1. The molecule has 0 bridgehead atoms. The molecule has 2 atom stereocenters. The van der Waals surface area contributed by atoms with E-state index in [-0.39, 0.29) is 6.04 Å². The molecule has 0 fully saturated rings. The number of aryl methyl sites for hydroxylation is 1. The van der Waals surface area contributed by atoms with Crippen molar-refractivity contribution in [3.05, 3.63) is 29.3 Å². The van der Waals surface area contributed by atoms with Crippen LogP contribution in [0.2, 0.25) is 0 Å². The lowest BCUT2D eigenvalue weighted by Crippen LogP contribution is -2.39. The first-order chi connectivity index (χ1) is 9.53. The van der Waals surface area contributed by atoms with Crippen LogP contribution in [0.4, 0.5) is 0 Å². The van der Waals surface area contributed by atoms with Crippen molar-refractivity contribution < 1.29 is 14.6 Å². The van der Waals surface area contributed by atoms with Gasteiger partial charge in [-0.2, -0.15) is 0 Å². The molecule has 0 aliphatic heterocycles. The minimum atomic E-state index is -0.566. The molecule has 1 aromatic carbocycles. The molecule has 4 heteroatoms. The van der Waals surface area contributed by atoms with E-state index in [9.17, 15) is 5.11 Å². The van der Waals surface area contributed by atoms with Gasteiger partial charge >= 0.3 is 0 Å². The Bertz CT molecular complexity index is 409. The van der Waals surface area contributed by atoms with Crippen molar-refractivity contribution in [2.45, 2.75) is 32.9 Å². The minimum absolute atomic E-state index is 0.274. The lowest BCUT2D eigenvalue weighted by molar-refractivity contribution is 0.0572. The van der Waals surface area contributed by atoms with Crippen LogP contribution < -0.4 is 4.74 Å². The standard InChI is InChI=1S/C16H27NO3/c1-6-17(13(3)11-19-4)10-15(18)14-9-12(2)7-8-16(14)20-5/h7-9,13,15,18H,6,10-11H2,1-5H3. The highest BCUT2D eigenvalue weighted by Gasteiger charge is 2.20. The van der Waals surface area contributed by atoms with Crippen LogP contribution in [-0.4, -0.2) is 50.0 Å². The van der Waals surface area contributed by atoms with Crippen LogP contribution in [0.1, 0.15) is 31.1 Å². The fourth-order valence-corrected chi connectivity index (χ4v) is 2.40. The molecule has 2 unspecified atom stereocenters. The third-order valence-corrected chi connectivity index (χ3v) is 3.59.